The van der Waals surface area contributed by atoms with E-state index in [1.54, 1.807) is 48.5 Å². The third-order valence-electron chi connectivity index (χ3n) is 3.69. The predicted octanol–water partition coefficient (Wildman–Crippen LogP) is 3.26. The lowest BCUT2D eigenvalue weighted by Gasteiger charge is -2.09. The van der Waals surface area contributed by atoms with E-state index in [9.17, 15) is 14.4 Å². The van der Waals surface area contributed by atoms with E-state index >= 15 is 0 Å². The molecule has 3 N–H and O–H groups in total. The first kappa shape index (κ1) is 20.0. The van der Waals surface area contributed by atoms with E-state index in [1.807, 2.05) is 6.92 Å². The van der Waals surface area contributed by atoms with Crippen LogP contribution >= 0.6 is 0 Å². The highest BCUT2D eigenvalue weighted by Gasteiger charge is 2.06. The summed E-state index contributed by atoms with van der Waals surface area (Å²) in [5, 5.41) is 8.54. The molecule has 0 aliphatic heterocycles. The van der Waals surface area contributed by atoms with Crippen LogP contribution < -0.4 is 16.0 Å². The average Bonchev–Trinajstić information content (AvgIpc) is 2.68. The minimum Gasteiger partial charge on any atom is -0.465 e. The molecule has 7 nitrogen and oxygen atoms in total. The summed E-state index contributed by atoms with van der Waals surface area (Å²) in [5.41, 5.74) is 2.48. The van der Waals surface area contributed by atoms with Crippen LogP contribution in [0.15, 0.2) is 48.5 Å². The van der Waals surface area contributed by atoms with Crippen molar-refractivity contribution in [3.63, 3.8) is 0 Å². The standard InChI is InChI=1S/C20H23N3O4/c1-3-4-18(24)22-16-9-11-17(12-10-16)23-19(25)13-21-15-7-5-14(6-8-15)20(26)27-2/h5-12,21H,3-4,13H2,1-2H3,(H,22,24)(H,23,25). The number of hydrogen-bond acceptors (Lipinski definition) is 5. The molecule has 2 aromatic carbocycles. The number of nitrogens with one attached hydrogen (secondary N) is 3. The van der Waals surface area contributed by atoms with E-state index < -0.39 is 5.97 Å². The lowest BCUT2D eigenvalue weighted by atomic mass is 10.2. The van der Waals surface area contributed by atoms with Gasteiger partial charge in [-0.2, -0.15) is 0 Å². The Morgan fingerprint density at radius 2 is 1.33 bits per heavy atom. The Hall–Kier alpha value is -3.35. The molecule has 2 rings (SSSR count). The third-order valence-corrected chi connectivity index (χ3v) is 3.69. The smallest absolute Gasteiger partial charge is 0.337 e. The molecule has 0 aliphatic carbocycles. The van der Waals surface area contributed by atoms with E-state index in [0.29, 0.717) is 29.0 Å². The van der Waals surface area contributed by atoms with Gasteiger partial charge < -0.3 is 20.7 Å². The van der Waals surface area contributed by atoms with Crippen molar-refractivity contribution in [1.82, 2.24) is 0 Å². The van der Waals surface area contributed by atoms with Crippen molar-refractivity contribution < 1.29 is 19.1 Å². The normalized spacial score (nSPS) is 10.0. The maximum absolute atomic E-state index is 12.0. The molecule has 0 unspecified atom stereocenters. The number of benzene rings is 2. The zero-order chi connectivity index (χ0) is 19.6. The SMILES string of the molecule is CCCC(=O)Nc1ccc(NC(=O)CNc2ccc(C(=O)OC)cc2)cc1. The number of anilines is 3. The molecule has 0 saturated heterocycles. The minimum atomic E-state index is -0.409. The Balaban J connectivity index is 1.81. The molecule has 27 heavy (non-hydrogen) atoms. The van der Waals surface area contributed by atoms with Gasteiger partial charge in [0.25, 0.3) is 0 Å². The fourth-order valence-electron chi connectivity index (χ4n) is 2.32. The van der Waals surface area contributed by atoms with E-state index in [1.165, 1.54) is 7.11 Å². The molecule has 2 aromatic rings. The predicted molar refractivity (Wildman–Crippen MR) is 105 cm³/mol. The molecule has 0 fully saturated rings. The summed E-state index contributed by atoms with van der Waals surface area (Å²) in [6, 6.07) is 13.6. The van der Waals surface area contributed by atoms with Crippen molar-refractivity contribution in [1.29, 1.82) is 0 Å². The number of amides is 2. The lowest BCUT2D eigenvalue weighted by Crippen LogP contribution is -2.21. The second-order valence-corrected chi connectivity index (χ2v) is 5.85. The molecule has 0 bridgehead atoms. The number of carbonyl (C=O) groups is 3. The average molecular weight is 369 g/mol. The molecule has 2 amide bonds. The molecular weight excluding hydrogens is 346 g/mol. The van der Waals surface area contributed by atoms with Crippen LogP contribution in [-0.2, 0) is 14.3 Å². The summed E-state index contributed by atoms with van der Waals surface area (Å²) in [5.74, 6) is -0.653. The van der Waals surface area contributed by atoms with Crippen LogP contribution in [0.1, 0.15) is 30.1 Å². The van der Waals surface area contributed by atoms with Crippen molar-refractivity contribution in [2.24, 2.45) is 0 Å². The molecule has 0 saturated carbocycles. The first-order valence-corrected chi connectivity index (χ1v) is 8.64. The van der Waals surface area contributed by atoms with E-state index in [4.69, 9.17) is 0 Å². The van der Waals surface area contributed by atoms with Crippen LogP contribution in [0.2, 0.25) is 0 Å². The van der Waals surface area contributed by atoms with Gasteiger partial charge in [0.1, 0.15) is 0 Å². The van der Waals surface area contributed by atoms with E-state index in [2.05, 4.69) is 20.7 Å². The van der Waals surface area contributed by atoms with Crippen LogP contribution in [0.3, 0.4) is 0 Å². The van der Waals surface area contributed by atoms with Gasteiger partial charge in [-0.15, -0.1) is 0 Å². The van der Waals surface area contributed by atoms with Gasteiger partial charge in [0, 0.05) is 23.5 Å². The molecule has 0 spiro atoms. The minimum absolute atomic E-state index is 0.0308. The van der Waals surface area contributed by atoms with Gasteiger partial charge in [0.2, 0.25) is 11.8 Å². The maximum atomic E-state index is 12.0. The van der Waals surface area contributed by atoms with Crippen LogP contribution in [0, 0.1) is 0 Å². The van der Waals surface area contributed by atoms with Crippen molar-refractivity contribution in [2.45, 2.75) is 19.8 Å². The third kappa shape index (κ3) is 6.47. The molecule has 142 valence electrons. The Bertz CT molecular complexity index is 786. The molecule has 7 heteroatoms. The van der Waals surface area contributed by atoms with Gasteiger partial charge in [-0.1, -0.05) is 6.92 Å². The van der Waals surface area contributed by atoms with Crippen molar-refractivity contribution in [2.75, 3.05) is 29.6 Å². The second kappa shape index (κ2) is 9.96. The van der Waals surface area contributed by atoms with Gasteiger partial charge in [0.15, 0.2) is 0 Å². The number of ether oxygens (including phenoxy) is 1. The van der Waals surface area contributed by atoms with Crippen molar-refractivity contribution in [3.8, 4) is 0 Å². The number of hydrogen-bond donors (Lipinski definition) is 3. The summed E-state index contributed by atoms with van der Waals surface area (Å²) in [6.45, 7) is 2.02. The summed E-state index contributed by atoms with van der Waals surface area (Å²) < 4.78 is 4.64. The summed E-state index contributed by atoms with van der Waals surface area (Å²) in [7, 11) is 1.32. The lowest BCUT2D eigenvalue weighted by molar-refractivity contribution is -0.116. The summed E-state index contributed by atoms with van der Waals surface area (Å²) in [6.07, 6.45) is 1.27. The molecule has 0 aromatic heterocycles. The molecular formula is C20H23N3O4. The number of methoxy groups -OCH3 is 1. The van der Waals surface area contributed by atoms with Crippen LogP contribution in [0.5, 0.6) is 0 Å². The summed E-state index contributed by atoms with van der Waals surface area (Å²) in [4.78, 5) is 35.0. The maximum Gasteiger partial charge on any atom is 0.337 e. The van der Waals surface area contributed by atoms with Crippen molar-refractivity contribution >= 4 is 34.8 Å². The highest BCUT2D eigenvalue weighted by Crippen LogP contribution is 2.14. The monoisotopic (exact) mass is 369 g/mol. The first-order valence-electron chi connectivity index (χ1n) is 8.64. The largest absolute Gasteiger partial charge is 0.465 e. The van der Waals surface area contributed by atoms with Crippen LogP contribution in [-0.4, -0.2) is 31.4 Å². The zero-order valence-corrected chi connectivity index (χ0v) is 15.4. The second-order valence-electron chi connectivity index (χ2n) is 5.85. The molecule has 0 atom stereocenters. The Morgan fingerprint density at radius 3 is 1.85 bits per heavy atom. The quantitative estimate of drug-likeness (QED) is 0.621. The Labute approximate surface area is 158 Å². The van der Waals surface area contributed by atoms with Gasteiger partial charge in [-0.05, 0) is 55.0 Å². The van der Waals surface area contributed by atoms with Crippen LogP contribution in [0.25, 0.3) is 0 Å². The molecule has 0 aliphatic rings. The van der Waals surface area contributed by atoms with Crippen molar-refractivity contribution in [3.05, 3.63) is 54.1 Å². The first-order chi connectivity index (χ1) is 13.0. The Kier molecular flexibility index (Phi) is 7.37. The Morgan fingerprint density at radius 1 is 0.815 bits per heavy atom. The van der Waals surface area contributed by atoms with Gasteiger partial charge in [0.05, 0.1) is 19.2 Å². The van der Waals surface area contributed by atoms with Gasteiger partial charge >= 0.3 is 5.97 Å². The molecule has 0 radical (unpaired) electrons. The van der Waals surface area contributed by atoms with Gasteiger partial charge in [-0.3, -0.25) is 9.59 Å². The highest BCUT2D eigenvalue weighted by atomic mass is 16.5. The zero-order valence-electron chi connectivity index (χ0n) is 15.4. The summed E-state index contributed by atoms with van der Waals surface area (Å²) >= 11 is 0. The topological polar surface area (TPSA) is 96.5 Å². The number of carbonyl (C=O) groups excluding carboxylic acids is 3. The van der Waals surface area contributed by atoms with E-state index in [-0.39, 0.29) is 18.4 Å². The highest BCUT2D eigenvalue weighted by molar-refractivity contribution is 5.95. The fourth-order valence-corrected chi connectivity index (χ4v) is 2.32. The fraction of sp³-hybridized carbons (Fsp3) is 0.250. The van der Waals surface area contributed by atoms with Crippen LogP contribution in [0.4, 0.5) is 17.1 Å². The number of rotatable bonds is 8. The number of esters is 1. The van der Waals surface area contributed by atoms with E-state index in [0.717, 1.165) is 6.42 Å². The van der Waals surface area contributed by atoms with Gasteiger partial charge in [-0.25, -0.2) is 4.79 Å². The molecule has 0 heterocycles.